The summed E-state index contributed by atoms with van der Waals surface area (Å²) in [6.07, 6.45) is 6.13. The maximum absolute atomic E-state index is 12.0. The van der Waals surface area contributed by atoms with E-state index in [-0.39, 0.29) is 11.9 Å². The molecule has 0 spiro atoms. The number of pyridine rings is 1. The molecular weight excluding hydrogens is 242 g/mol. The van der Waals surface area contributed by atoms with Crippen molar-refractivity contribution in [1.82, 2.24) is 15.6 Å². The average Bonchev–Trinajstić information content (AvgIpc) is 2.74. The van der Waals surface area contributed by atoms with E-state index < -0.39 is 0 Å². The third-order valence-corrected chi connectivity index (χ3v) is 3.35. The number of ether oxygens (including phenoxy) is 1. The van der Waals surface area contributed by atoms with Gasteiger partial charge < -0.3 is 15.4 Å². The lowest BCUT2D eigenvalue weighted by atomic mass is 10.1. The molecule has 1 aliphatic rings. The topological polar surface area (TPSA) is 63.2 Å². The van der Waals surface area contributed by atoms with Gasteiger partial charge in [0.05, 0.1) is 13.2 Å². The van der Waals surface area contributed by atoms with E-state index in [4.69, 9.17) is 4.74 Å². The summed E-state index contributed by atoms with van der Waals surface area (Å²) < 4.78 is 5.00. The van der Waals surface area contributed by atoms with Crippen molar-refractivity contribution in [3.8, 4) is 5.88 Å². The van der Waals surface area contributed by atoms with Crippen LogP contribution >= 0.6 is 0 Å². The van der Waals surface area contributed by atoms with E-state index in [1.807, 2.05) is 6.07 Å². The van der Waals surface area contributed by atoms with Gasteiger partial charge in [0, 0.05) is 18.8 Å². The predicted molar refractivity (Wildman–Crippen MR) is 72.9 cm³/mol. The first kappa shape index (κ1) is 13.8. The van der Waals surface area contributed by atoms with Crippen molar-refractivity contribution < 1.29 is 9.53 Å². The number of methoxy groups -OCH3 is 1. The van der Waals surface area contributed by atoms with Crippen LogP contribution in [0.2, 0.25) is 0 Å². The molecule has 1 aliphatic heterocycles. The first-order chi connectivity index (χ1) is 9.29. The molecule has 1 amide bonds. The van der Waals surface area contributed by atoms with Crippen LogP contribution in [0.1, 0.15) is 31.2 Å². The van der Waals surface area contributed by atoms with Gasteiger partial charge in [0.2, 0.25) is 11.8 Å². The normalized spacial score (nSPS) is 19.5. The molecule has 0 bridgehead atoms. The van der Waals surface area contributed by atoms with E-state index >= 15 is 0 Å². The molecule has 2 N–H and O–H groups in total. The molecule has 1 unspecified atom stereocenters. The zero-order valence-electron chi connectivity index (χ0n) is 11.3. The Hall–Kier alpha value is -1.62. The highest BCUT2D eigenvalue weighted by atomic mass is 16.5. The highest BCUT2D eigenvalue weighted by Gasteiger charge is 2.18. The summed E-state index contributed by atoms with van der Waals surface area (Å²) in [4.78, 5) is 16.1. The van der Waals surface area contributed by atoms with E-state index in [1.54, 1.807) is 19.4 Å². The van der Waals surface area contributed by atoms with Crippen LogP contribution < -0.4 is 15.4 Å². The molecule has 0 aliphatic carbocycles. The molecule has 0 saturated carbocycles. The standard InChI is InChI=1S/C14H21N3O2/c1-19-13-7-6-11(9-16-13)10-17-14(18)12-5-3-2-4-8-15-12/h6-7,9,12,15H,2-5,8,10H2,1H3,(H,17,18). The van der Waals surface area contributed by atoms with Crippen molar-refractivity contribution in [2.45, 2.75) is 38.3 Å². The Bertz CT molecular complexity index is 398. The maximum atomic E-state index is 12.0. The Labute approximate surface area is 113 Å². The van der Waals surface area contributed by atoms with Crippen LogP contribution in [0.4, 0.5) is 0 Å². The number of nitrogens with one attached hydrogen (secondary N) is 2. The van der Waals surface area contributed by atoms with E-state index in [0.29, 0.717) is 12.4 Å². The smallest absolute Gasteiger partial charge is 0.237 e. The molecule has 5 nitrogen and oxygen atoms in total. The Balaban J connectivity index is 1.81. The minimum absolute atomic E-state index is 0.0475. The van der Waals surface area contributed by atoms with Gasteiger partial charge in [-0.2, -0.15) is 0 Å². The van der Waals surface area contributed by atoms with Crippen LogP contribution in [0.5, 0.6) is 5.88 Å². The second-order valence-corrected chi connectivity index (χ2v) is 4.78. The van der Waals surface area contributed by atoms with Crippen molar-refractivity contribution in [2.24, 2.45) is 0 Å². The lowest BCUT2D eigenvalue weighted by molar-refractivity contribution is -0.123. The number of rotatable bonds is 4. The minimum Gasteiger partial charge on any atom is -0.481 e. The molecule has 0 radical (unpaired) electrons. The van der Waals surface area contributed by atoms with E-state index in [2.05, 4.69) is 15.6 Å². The lowest BCUT2D eigenvalue weighted by Crippen LogP contribution is -2.43. The number of carbonyl (C=O) groups excluding carboxylic acids is 1. The van der Waals surface area contributed by atoms with Gasteiger partial charge in [-0.25, -0.2) is 4.98 Å². The minimum atomic E-state index is -0.0475. The highest BCUT2D eigenvalue weighted by Crippen LogP contribution is 2.09. The molecule has 5 heteroatoms. The predicted octanol–water partition coefficient (Wildman–Crippen LogP) is 1.24. The second kappa shape index (κ2) is 7.09. The van der Waals surface area contributed by atoms with Crippen LogP contribution in [-0.4, -0.2) is 30.6 Å². The Morgan fingerprint density at radius 2 is 2.37 bits per heavy atom. The molecule has 2 rings (SSSR count). The van der Waals surface area contributed by atoms with E-state index in [9.17, 15) is 4.79 Å². The van der Waals surface area contributed by atoms with Gasteiger partial charge >= 0.3 is 0 Å². The largest absolute Gasteiger partial charge is 0.481 e. The summed E-state index contributed by atoms with van der Waals surface area (Å²) in [5, 5.41) is 6.24. The summed E-state index contributed by atoms with van der Waals surface area (Å²) in [7, 11) is 1.58. The van der Waals surface area contributed by atoms with Crippen LogP contribution in [0.3, 0.4) is 0 Å². The zero-order chi connectivity index (χ0) is 13.5. The van der Waals surface area contributed by atoms with Gasteiger partial charge in [-0.15, -0.1) is 0 Å². The van der Waals surface area contributed by atoms with Crippen LogP contribution in [0, 0.1) is 0 Å². The van der Waals surface area contributed by atoms with Gasteiger partial charge in [-0.05, 0) is 24.9 Å². The first-order valence-electron chi connectivity index (χ1n) is 6.79. The summed E-state index contributed by atoms with van der Waals surface area (Å²) in [6.45, 7) is 1.44. The summed E-state index contributed by atoms with van der Waals surface area (Å²) >= 11 is 0. The number of hydrogen-bond acceptors (Lipinski definition) is 4. The van der Waals surface area contributed by atoms with Gasteiger partial charge in [0.15, 0.2) is 0 Å². The summed E-state index contributed by atoms with van der Waals surface area (Å²) in [5.74, 6) is 0.665. The van der Waals surface area contributed by atoms with Crippen LogP contribution in [0.25, 0.3) is 0 Å². The monoisotopic (exact) mass is 263 g/mol. The third-order valence-electron chi connectivity index (χ3n) is 3.35. The Kier molecular flexibility index (Phi) is 5.15. The molecule has 2 heterocycles. The molecule has 104 valence electrons. The first-order valence-corrected chi connectivity index (χ1v) is 6.79. The molecule has 1 atom stereocenters. The SMILES string of the molecule is COc1ccc(CNC(=O)C2CCCCCN2)cn1. The number of carbonyl (C=O) groups is 1. The fourth-order valence-electron chi connectivity index (χ4n) is 2.20. The second-order valence-electron chi connectivity index (χ2n) is 4.78. The zero-order valence-corrected chi connectivity index (χ0v) is 11.3. The van der Waals surface area contributed by atoms with Crippen LogP contribution in [0.15, 0.2) is 18.3 Å². The quantitative estimate of drug-likeness (QED) is 0.858. The van der Waals surface area contributed by atoms with E-state index in [0.717, 1.165) is 31.4 Å². The number of hydrogen-bond donors (Lipinski definition) is 2. The van der Waals surface area contributed by atoms with Crippen molar-refractivity contribution in [3.05, 3.63) is 23.9 Å². The highest BCUT2D eigenvalue weighted by molar-refractivity contribution is 5.81. The molecule has 19 heavy (non-hydrogen) atoms. The number of nitrogens with zero attached hydrogens (tertiary/aromatic N) is 1. The fraction of sp³-hybridized carbons (Fsp3) is 0.571. The lowest BCUT2D eigenvalue weighted by Gasteiger charge is -2.15. The van der Waals surface area contributed by atoms with Crippen molar-refractivity contribution in [1.29, 1.82) is 0 Å². The third kappa shape index (κ3) is 4.21. The average molecular weight is 263 g/mol. The van der Waals surface area contributed by atoms with Crippen LogP contribution in [-0.2, 0) is 11.3 Å². The Morgan fingerprint density at radius 3 is 3.11 bits per heavy atom. The summed E-state index contributed by atoms with van der Waals surface area (Å²) in [6, 6.07) is 3.66. The molecular formula is C14H21N3O2. The van der Waals surface area contributed by atoms with E-state index in [1.165, 1.54) is 6.42 Å². The Morgan fingerprint density at radius 1 is 1.47 bits per heavy atom. The molecule has 1 aromatic heterocycles. The van der Waals surface area contributed by atoms with Crippen molar-refractivity contribution in [2.75, 3.05) is 13.7 Å². The number of aromatic nitrogens is 1. The number of amides is 1. The van der Waals surface area contributed by atoms with Gasteiger partial charge in [0.25, 0.3) is 0 Å². The van der Waals surface area contributed by atoms with Crippen molar-refractivity contribution >= 4 is 5.91 Å². The molecule has 1 aromatic rings. The molecule has 1 saturated heterocycles. The van der Waals surface area contributed by atoms with Gasteiger partial charge in [0.1, 0.15) is 0 Å². The molecule has 0 aromatic carbocycles. The van der Waals surface area contributed by atoms with Gasteiger partial charge in [-0.1, -0.05) is 18.9 Å². The maximum Gasteiger partial charge on any atom is 0.237 e. The van der Waals surface area contributed by atoms with Gasteiger partial charge in [-0.3, -0.25) is 4.79 Å². The molecule has 1 fully saturated rings. The van der Waals surface area contributed by atoms with Crippen molar-refractivity contribution in [3.63, 3.8) is 0 Å². The fourth-order valence-corrected chi connectivity index (χ4v) is 2.20. The summed E-state index contributed by atoms with van der Waals surface area (Å²) in [5.41, 5.74) is 0.975.